The average Bonchev–Trinajstić information content (AvgIpc) is 3.14. The fraction of sp³-hybridized carbons (Fsp3) is 0.130. The van der Waals surface area contributed by atoms with Gasteiger partial charge in [-0.15, -0.1) is 0 Å². The molecule has 0 radical (unpaired) electrons. The van der Waals surface area contributed by atoms with Crippen molar-refractivity contribution in [2.24, 2.45) is 5.73 Å². The van der Waals surface area contributed by atoms with Gasteiger partial charge in [-0.3, -0.25) is 4.79 Å². The van der Waals surface area contributed by atoms with Crippen molar-refractivity contribution < 1.29 is 17.9 Å². The van der Waals surface area contributed by atoms with Gasteiger partial charge in [0.1, 0.15) is 5.75 Å². The van der Waals surface area contributed by atoms with Gasteiger partial charge in [-0.1, -0.05) is 18.2 Å². The summed E-state index contributed by atoms with van der Waals surface area (Å²) in [6.07, 6.45) is 2.94. The third-order valence-electron chi connectivity index (χ3n) is 4.71. The van der Waals surface area contributed by atoms with Gasteiger partial charge in [0, 0.05) is 28.9 Å². The fourth-order valence-electron chi connectivity index (χ4n) is 3.39. The van der Waals surface area contributed by atoms with Crippen LogP contribution in [0.3, 0.4) is 0 Å². The van der Waals surface area contributed by atoms with E-state index in [0.717, 1.165) is 3.97 Å². The number of carbonyl (C=O) groups excluding carboxylic acids is 1. The van der Waals surface area contributed by atoms with Crippen molar-refractivity contribution in [3.8, 4) is 16.9 Å². The zero-order valence-electron chi connectivity index (χ0n) is 17.0. The van der Waals surface area contributed by atoms with Crippen molar-refractivity contribution in [1.29, 1.82) is 0 Å². The predicted octanol–water partition coefficient (Wildman–Crippen LogP) is 3.83. The first-order valence-electron chi connectivity index (χ1n) is 9.66. The van der Waals surface area contributed by atoms with E-state index >= 15 is 0 Å². The summed E-state index contributed by atoms with van der Waals surface area (Å²) in [5.41, 5.74) is 7.27. The van der Waals surface area contributed by atoms with E-state index in [1.165, 1.54) is 24.5 Å². The largest absolute Gasteiger partial charge is 0.491 e. The smallest absolute Gasteiger partial charge is 0.269 e. The lowest BCUT2D eigenvalue weighted by Gasteiger charge is -2.12. The maximum Gasteiger partial charge on any atom is 0.269 e. The molecule has 2 N–H and O–H groups in total. The van der Waals surface area contributed by atoms with Gasteiger partial charge >= 0.3 is 0 Å². The Hall–Kier alpha value is -3.65. The lowest BCUT2D eigenvalue weighted by molar-refractivity contribution is 0.0999. The zero-order valence-corrected chi connectivity index (χ0v) is 17.8. The quantitative estimate of drug-likeness (QED) is 0.496. The van der Waals surface area contributed by atoms with Gasteiger partial charge in [0.05, 0.1) is 11.0 Å². The number of hydrogen-bond acceptors (Lipinski definition) is 5. The number of nitrogens with two attached hydrogens (primary N) is 1. The van der Waals surface area contributed by atoms with E-state index in [0.29, 0.717) is 22.3 Å². The third-order valence-corrected chi connectivity index (χ3v) is 6.37. The molecule has 0 saturated carbocycles. The molecule has 31 heavy (non-hydrogen) atoms. The van der Waals surface area contributed by atoms with Crippen LogP contribution in [-0.4, -0.2) is 29.4 Å². The number of pyridine rings is 1. The zero-order chi connectivity index (χ0) is 22.2. The van der Waals surface area contributed by atoms with Crippen LogP contribution >= 0.6 is 0 Å². The van der Waals surface area contributed by atoms with Crippen LogP contribution in [0.15, 0.2) is 78.0 Å². The van der Waals surface area contributed by atoms with Crippen molar-refractivity contribution in [2.45, 2.75) is 24.8 Å². The van der Waals surface area contributed by atoms with E-state index in [2.05, 4.69) is 4.98 Å². The summed E-state index contributed by atoms with van der Waals surface area (Å²) < 4.78 is 33.5. The number of nitrogens with zero attached hydrogens (tertiary/aromatic N) is 2. The molecule has 0 aliphatic heterocycles. The van der Waals surface area contributed by atoms with Gasteiger partial charge in [0.2, 0.25) is 5.91 Å². The number of primary amides is 1. The Morgan fingerprint density at radius 3 is 2.48 bits per heavy atom. The number of amides is 1. The number of rotatable bonds is 6. The molecule has 4 aromatic rings. The predicted molar refractivity (Wildman–Crippen MR) is 118 cm³/mol. The summed E-state index contributed by atoms with van der Waals surface area (Å²) in [5, 5.41) is 0.624. The van der Waals surface area contributed by atoms with Crippen molar-refractivity contribution in [2.75, 3.05) is 0 Å². The maximum atomic E-state index is 13.3. The highest BCUT2D eigenvalue weighted by atomic mass is 32.2. The van der Waals surface area contributed by atoms with Crippen LogP contribution in [0.1, 0.15) is 24.2 Å². The third kappa shape index (κ3) is 3.89. The Balaban J connectivity index is 1.97. The van der Waals surface area contributed by atoms with E-state index in [1.54, 1.807) is 48.5 Å². The highest BCUT2D eigenvalue weighted by Crippen LogP contribution is 2.34. The molecule has 4 rings (SSSR count). The molecular formula is C23H21N3O4S. The number of fused-ring (bicyclic) bond motifs is 1. The van der Waals surface area contributed by atoms with Crippen LogP contribution in [0.25, 0.3) is 22.2 Å². The second kappa shape index (κ2) is 7.88. The topological polar surface area (TPSA) is 104 Å². The SMILES string of the molecule is CC(C)Oc1cc(C(N)=O)cc(-c2cn(S(=O)(=O)c3ccccc3)c3ncccc23)c1. The first-order chi connectivity index (χ1) is 14.8. The van der Waals surface area contributed by atoms with Gasteiger partial charge in [-0.25, -0.2) is 17.4 Å². The first-order valence-corrected chi connectivity index (χ1v) is 11.1. The summed E-state index contributed by atoms with van der Waals surface area (Å²) in [5.74, 6) is -0.133. The Morgan fingerprint density at radius 2 is 1.81 bits per heavy atom. The van der Waals surface area contributed by atoms with E-state index < -0.39 is 15.9 Å². The Morgan fingerprint density at radius 1 is 1.06 bits per heavy atom. The highest BCUT2D eigenvalue weighted by Gasteiger charge is 2.23. The number of ether oxygens (including phenoxy) is 1. The molecule has 0 aliphatic carbocycles. The summed E-state index contributed by atoms with van der Waals surface area (Å²) >= 11 is 0. The minimum Gasteiger partial charge on any atom is -0.491 e. The normalized spacial score (nSPS) is 11.7. The molecule has 0 aliphatic rings. The Kier molecular flexibility index (Phi) is 5.24. The standard InChI is InChI=1S/C23H21N3O4S/c1-15(2)30-18-12-16(11-17(13-18)22(24)27)21-14-26(23-20(21)9-6-10-25-23)31(28,29)19-7-4-3-5-8-19/h3-15H,1-2H3,(H2,24,27). The van der Waals surface area contributed by atoms with Crippen LogP contribution in [-0.2, 0) is 10.0 Å². The highest BCUT2D eigenvalue weighted by molar-refractivity contribution is 7.90. The van der Waals surface area contributed by atoms with Crippen LogP contribution in [0, 0.1) is 0 Å². The summed E-state index contributed by atoms with van der Waals surface area (Å²) in [6, 6.07) is 16.6. The minimum absolute atomic E-state index is 0.113. The molecule has 2 aromatic heterocycles. The second-order valence-corrected chi connectivity index (χ2v) is 9.12. The van der Waals surface area contributed by atoms with E-state index in [9.17, 15) is 13.2 Å². The number of carbonyl (C=O) groups is 1. The molecule has 0 unspecified atom stereocenters. The van der Waals surface area contributed by atoms with Crippen molar-refractivity contribution in [1.82, 2.24) is 8.96 Å². The molecule has 7 nitrogen and oxygen atoms in total. The fourth-order valence-corrected chi connectivity index (χ4v) is 4.73. The van der Waals surface area contributed by atoms with Crippen molar-refractivity contribution >= 4 is 27.0 Å². The maximum absolute atomic E-state index is 13.3. The lowest BCUT2D eigenvalue weighted by Crippen LogP contribution is -2.12. The van der Waals surface area contributed by atoms with E-state index in [-0.39, 0.29) is 22.2 Å². The number of aromatic nitrogens is 2. The van der Waals surface area contributed by atoms with Crippen molar-refractivity contribution in [3.05, 3.63) is 78.6 Å². The summed E-state index contributed by atoms with van der Waals surface area (Å²) in [7, 11) is -3.88. The average molecular weight is 436 g/mol. The molecule has 0 bridgehead atoms. The van der Waals surface area contributed by atoms with Gasteiger partial charge in [-0.2, -0.15) is 0 Å². The van der Waals surface area contributed by atoms with Crippen LogP contribution < -0.4 is 10.5 Å². The Bertz CT molecular complexity index is 1380. The molecule has 8 heteroatoms. The second-order valence-electron chi connectivity index (χ2n) is 7.31. The Labute approximate surface area is 180 Å². The molecule has 0 atom stereocenters. The molecule has 0 fully saturated rings. The number of benzene rings is 2. The monoisotopic (exact) mass is 435 g/mol. The summed E-state index contributed by atoms with van der Waals surface area (Å²) in [4.78, 5) is 16.3. The molecule has 2 heterocycles. The first kappa shape index (κ1) is 20.6. The van der Waals surface area contributed by atoms with Gasteiger partial charge in [0.15, 0.2) is 5.65 Å². The molecular weight excluding hydrogens is 414 g/mol. The van der Waals surface area contributed by atoms with Crippen LogP contribution in [0.4, 0.5) is 0 Å². The lowest BCUT2D eigenvalue weighted by atomic mass is 10.0. The van der Waals surface area contributed by atoms with Gasteiger partial charge in [0.25, 0.3) is 10.0 Å². The molecule has 2 aromatic carbocycles. The van der Waals surface area contributed by atoms with Crippen molar-refractivity contribution in [3.63, 3.8) is 0 Å². The van der Waals surface area contributed by atoms with E-state index in [4.69, 9.17) is 10.5 Å². The number of hydrogen-bond donors (Lipinski definition) is 1. The van der Waals surface area contributed by atoms with Crippen LogP contribution in [0.2, 0.25) is 0 Å². The van der Waals surface area contributed by atoms with Gasteiger partial charge < -0.3 is 10.5 Å². The minimum atomic E-state index is -3.88. The molecule has 158 valence electrons. The van der Waals surface area contributed by atoms with Gasteiger partial charge in [-0.05, 0) is 61.9 Å². The molecule has 0 saturated heterocycles. The summed E-state index contributed by atoms with van der Waals surface area (Å²) in [6.45, 7) is 3.75. The molecule has 1 amide bonds. The molecule has 0 spiro atoms. The van der Waals surface area contributed by atoms with Crippen LogP contribution in [0.5, 0.6) is 5.75 Å². The van der Waals surface area contributed by atoms with E-state index in [1.807, 2.05) is 13.8 Å².